The summed E-state index contributed by atoms with van der Waals surface area (Å²) in [6.45, 7) is 0. The molecule has 0 bridgehead atoms. The van der Waals surface area contributed by atoms with Gasteiger partial charge >= 0.3 is 0 Å². The highest BCUT2D eigenvalue weighted by Crippen LogP contribution is 2.24. The van der Waals surface area contributed by atoms with Gasteiger partial charge in [0.05, 0.1) is 0 Å². The molecule has 0 spiro atoms. The van der Waals surface area contributed by atoms with E-state index >= 15 is 0 Å². The van der Waals surface area contributed by atoms with Crippen LogP contribution in [-0.2, 0) is 4.79 Å². The van der Waals surface area contributed by atoms with Gasteiger partial charge in [0, 0.05) is 18.2 Å². The summed E-state index contributed by atoms with van der Waals surface area (Å²) in [5, 5.41) is 2.88. The van der Waals surface area contributed by atoms with Gasteiger partial charge in [-0.1, -0.05) is 0 Å². The number of nitrogens with zero attached hydrogens (tertiary/aromatic N) is 2. The van der Waals surface area contributed by atoms with Gasteiger partial charge in [0.1, 0.15) is 5.82 Å². The Labute approximate surface area is 105 Å². The first-order valence-corrected chi connectivity index (χ1v) is 6.08. The smallest absolute Gasteiger partial charge is 0.228 e. The molecule has 1 aliphatic carbocycles. The Morgan fingerprint density at radius 2 is 2.12 bits per heavy atom. The summed E-state index contributed by atoms with van der Waals surface area (Å²) in [5.41, 5.74) is 5.80. The molecular weight excluding hydrogens is 240 g/mol. The molecule has 92 valence electrons. The normalized spacial score (nSPS) is 24.4. The van der Waals surface area contributed by atoms with E-state index in [0.29, 0.717) is 5.82 Å². The van der Waals surface area contributed by atoms with Crippen LogP contribution < -0.4 is 11.1 Å². The molecule has 0 aromatic carbocycles. The Morgan fingerprint density at radius 3 is 2.76 bits per heavy atom. The quantitative estimate of drug-likeness (QED) is 0.786. The highest BCUT2D eigenvalue weighted by Gasteiger charge is 2.24. The van der Waals surface area contributed by atoms with Crippen molar-refractivity contribution in [2.24, 2.45) is 11.7 Å². The Balaban J connectivity index is 1.93. The fourth-order valence-electron chi connectivity index (χ4n) is 2.01. The average Bonchev–Trinajstić information content (AvgIpc) is 2.29. The molecule has 1 aromatic heterocycles. The number of halogens is 1. The number of carbonyl (C=O) groups excluding carboxylic acids is 1. The van der Waals surface area contributed by atoms with Gasteiger partial charge in [-0.25, -0.2) is 9.97 Å². The van der Waals surface area contributed by atoms with Crippen molar-refractivity contribution >= 4 is 23.3 Å². The minimum atomic E-state index is -0.00772. The lowest BCUT2D eigenvalue weighted by atomic mass is 9.86. The summed E-state index contributed by atoms with van der Waals surface area (Å²) >= 11 is 5.64. The van der Waals surface area contributed by atoms with Crippen molar-refractivity contribution in [2.75, 3.05) is 5.32 Å². The Kier molecular flexibility index (Phi) is 3.91. The molecule has 0 aliphatic heterocycles. The molecule has 1 amide bonds. The van der Waals surface area contributed by atoms with E-state index in [4.69, 9.17) is 17.3 Å². The molecule has 1 aliphatic rings. The predicted molar refractivity (Wildman–Crippen MR) is 65.6 cm³/mol. The van der Waals surface area contributed by atoms with Crippen molar-refractivity contribution in [3.05, 3.63) is 17.5 Å². The van der Waals surface area contributed by atoms with Crippen LogP contribution in [0.3, 0.4) is 0 Å². The molecule has 6 heteroatoms. The summed E-state index contributed by atoms with van der Waals surface area (Å²) in [7, 11) is 0. The van der Waals surface area contributed by atoms with Crippen LogP contribution in [0.4, 0.5) is 5.82 Å². The number of amides is 1. The molecule has 0 saturated heterocycles. The molecule has 0 atom stereocenters. The number of carbonyl (C=O) groups is 1. The highest BCUT2D eigenvalue weighted by atomic mass is 35.5. The Hall–Kier alpha value is -1.20. The van der Waals surface area contributed by atoms with E-state index in [2.05, 4.69) is 15.3 Å². The molecule has 5 nitrogen and oxygen atoms in total. The third-order valence-corrected chi connectivity index (χ3v) is 3.20. The number of rotatable bonds is 2. The number of aromatic nitrogens is 2. The first-order chi connectivity index (χ1) is 8.15. The minimum Gasteiger partial charge on any atom is -0.328 e. The lowest BCUT2D eigenvalue weighted by Gasteiger charge is -2.24. The number of hydrogen-bond donors (Lipinski definition) is 2. The van der Waals surface area contributed by atoms with Gasteiger partial charge in [0.15, 0.2) is 0 Å². The number of anilines is 1. The van der Waals surface area contributed by atoms with Crippen LogP contribution in [0.25, 0.3) is 0 Å². The van der Waals surface area contributed by atoms with Gasteiger partial charge in [-0.3, -0.25) is 4.79 Å². The van der Waals surface area contributed by atoms with E-state index in [1.807, 2.05) is 0 Å². The van der Waals surface area contributed by atoms with Gasteiger partial charge in [-0.15, -0.1) is 0 Å². The van der Waals surface area contributed by atoms with Crippen molar-refractivity contribution in [1.29, 1.82) is 0 Å². The van der Waals surface area contributed by atoms with E-state index in [-0.39, 0.29) is 23.2 Å². The molecule has 1 heterocycles. The zero-order chi connectivity index (χ0) is 12.3. The van der Waals surface area contributed by atoms with Gasteiger partial charge < -0.3 is 11.1 Å². The molecule has 3 N–H and O–H groups in total. The second-order valence-corrected chi connectivity index (χ2v) is 4.65. The molecule has 1 aromatic rings. The summed E-state index contributed by atoms with van der Waals surface area (Å²) in [6.07, 6.45) is 5.00. The maximum absolute atomic E-state index is 11.9. The van der Waals surface area contributed by atoms with Crippen molar-refractivity contribution in [3.63, 3.8) is 0 Å². The topological polar surface area (TPSA) is 80.9 Å². The van der Waals surface area contributed by atoms with E-state index in [1.54, 1.807) is 6.07 Å². The first-order valence-electron chi connectivity index (χ1n) is 5.70. The van der Waals surface area contributed by atoms with Crippen molar-refractivity contribution in [2.45, 2.75) is 31.7 Å². The van der Waals surface area contributed by atoms with E-state index in [9.17, 15) is 4.79 Å². The third-order valence-electron chi connectivity index (χ3n) is 3.02. The molecule has 1 fully saturated rings. The standard InChI is InChI=1S/C11H15ClN4O/c12-11-14-6-5-9(16-11)15-10(17)7-1-3-8(13)4-2-7/h5-8H,1-4,13H2,(H,14,15,16,17). The van der Waals surface area contributed by atoms with Gasteiger partial charge in [-0.2, -0.15) is 0 Å². The lowest BCUT2D eigenvalue weighted by molar-refractivity contribution is -0.120. The Morgan fingerprint density at radius 1 is 1.41 bits per heavy atom. The van der Waals surface area contributed by atoms with Crippen LogP contribution in [0.15, 0.2) is 12.3 Å². The molecule has 0 radical (unpaired) electrons. The second kappa shape index (κ2) is 5.42. The lowest BCUT2D eigenvalue weighted by Crippen LogP contribution is -2.32. The SMILES string of the molecule is NC1CCC(C(=O)Nc2ccnc(Cl)n2)CC1. The molecule has 1 saturated carbocycles. The summed E-state index contributed by atoms with van der Waals surface area (Å²) < 4.78 is 0. The largest absolute Gasteiger partial charge is 0.328 e. The van der Waals surface area contributed by atoms with Crippen LogP contribution in [0.1, 0.15) is 25.7 Å². The first kappa shape index (κ1) is 12.3. The highest BCUT2D eigenvalue weighted by molar-refractivity contribution is 6.28. The van der Waals surface area contributed by atoms with Crippen molar-refractivity contribution in [1.82, 2.24) is 9.97 Å². The monoisotopic (exact) mass is 254 g/mol. The summed E-state index contributed by atoms with van der Waals surface area (Å²) in [5.74, 6) is 0.472. The zero-order valence-electron chi connectivity index (χ0n) is 9.40. The third kappa shape index (κ3) is 3.38. The van der Waals surface area contributed by atoms with Crippen LogP contribution in [-0.4, -0.2) is 21.9 Å². The molecule has 17 heavy (non-hydrogen) atoms. The van der Waals surface area contributed by atoms with Crippen LogP contribution in [0.2, 0.25) is 5.28 Å². The van der Waals surface area contributed by atoms with Gasteiger partial charge in [0.25, 0.3) is 0 Å². The predicted octanol–water partition coefficient (Wildman–Crippen LogP) is 1.59. The maximum atomic E-state index is 11.9. The number of nitrogens with one attached hydrogen (secondary N) is 1. The van der Waals surface area contributed by atoms with Crippen molar-refractivity contribution < 1.29 is 4.79 Å². The second-order valence-electron chi connectivity index (χ2n) is 4.31. The maximum Gasteiger partial charge on any atom is 0.228 e. The number of hydrogen-bond acceptors (Lipinski definition) is 4. The summed E-state index contributed by atoms with van der Waals surface area (Å²) in [4.78, 5) is 19.6. The molecular formula is C11H15ClN4O. The molecule has 0 unspecified atom stereocenters. The molecule has 2 rings (SSSR count). The van der Waals surface area contributed by atoms with Crippen molar-refractivity contribution in [3.8, 4) is 0 Å². The van der Waals surface area contributed by atoms with Gasteiger partial charge in [0.2, 0.25) is 11.2 Å². The van der Waals surface area contributed by atoms with Gasteiger partial charge in [-0.05, 0) is 43.4 Å². The van der Waals surface area contributed by atoms with E-state index < -0.39 is 0 Å². The fourth-order valence-corrected chi connectivity index (χ4v) is 2.16. The minimum absolute atomic E-state index is 0.00772. The van der Waals surface area contributed by atoms with Crippen LogP contribution in [0, 0.1) is 5.92 Å². The Bertz CT molecular complexity index is 404. The van der Waals surface area contributed by atoms with E-state index in [0.717, 1.165) is 25.7 Å². The average molecular weight is 255 g/mol. The van der Waals surface area contributed by atoms with E-state index in [1.165, 1.54) is 6.20 Å². The van der Waals surface area contributed by atoms with Crippen LogP contribution >= 0.6 is 11.6 Å². The zero-order valence-corrected chi connectivity index (χ0v) is 10.2. The number of nitrogens with two attached hydrogens (primary N) is 1. The van der Waals surface area contributed by atoms with Crippen LogP contribution in [0.5, 0.6) is 0 Å². The fraction of sp³-hybridized carbons (Fsp3) is 0.545. The summed E-state index contributed by atoms with van der Waals surface area (Å²) in [6, 6.07) is 1.87.